The number of ether oxygens (including phenoxy) is 1. The summed E-state index contributed by atoms with van der Waals surface area (Å²) in [7, 11) is -3.77. The van der Waals surface area contributed by atoms with Gasteiger partial charge in [-0.05, 0) is 57.2 Å². The van der Waals surface area contributed by atoms with Crippen molar-refractivity contribution in [3.63, 3.8) is 0 Å². The van der Waals surface area contributed by atoms with Crippen LogP contribution in [0.2, 0.25) is 0 Å². The number of sulfonamides is 1. The highest BCUT2D eigenvalue weighted by Gasteiger charge is 2.30. The molecule has 11 heteroatoms. The molecular weight excluding hydrogens is 494 g/mol. The molecule has 0 atom stereocenters. The number of piperidine rings is 1. The van der Waals surface area contributed by atoms with E-state index in [-0.39, 0.29) is 28.8 Å². The van der Waals surface area contributed by atoms with Crippen LogP contribution in [0.25, 0.3) is 16.9 Å². The van der Waals surface area contributed by atoms with Gasteiger partial charge in [-0.25, -0.2) is 17.9 Å². The van der Waals surface area contributed by atoms with Gasteiger partial charge in [-0.3, -0.25) is 4.79 Å². The predicted octanol–water partition coefficient (Wildman–Crippen LogP) is 3.31. The van der Waals surface area contributed by atoms with E-state index in [0.29, 0.717) is 67.3 Å². The summed E-state index contributed by atoms with van der Waals surface area (Å²) in [6.07, 6.45) is 6.21. The number of aromatic nitrogens is 4. The minimum absolute atomic E-state index is 0.0664. The normalized spacial score (nSPS) is 15.5. The van der Waals surface area contributed by atoms with Crippen molar-refractivity contribution in [2.45, 2.75) is 70.6 Å². The van der Waals surface area contributed by atoms with Crippen molar-refractivity contribution < 1.29 is 18.3 Å². The molecule has 10 nitrogen and oxygen atoms in total. The molecule has 0 saturated carbocycles. The van der Waals surface area contributed by atoms with Gasteiger partial charge in [-0.15, -0.1) is 5.10 Å². The number of aliphatic hydroxyl groups is 1. The van der Waals surface area contributed by atoms with E-state index in [9.17, 15) is 18.3 Å². The second-order valence-electron chi connectivity index (χ2n) is 9.61. The number of imidazole rings is 1. The van der Waals surface area contributed by atoms with Gasteiger partial charge in [0.2, 0.25) is 10.0 Å². The first-order chi connectivity index (χ1) is 17.8. The van der Waals surface area contributed by atoms with Gasteiger partial charge >= 0.3 is 0 Å². The number of aliphatic hydroxyl groups excluding tert-OH is 1. The van der Waals surface area contributed by atoms with Gasteiger partial charge < -0.3 is 14.8 Å². The third-order valence-corrected chi connectivity index (χ3v) is 8.87. The van der Waals surface area contributed by atoms with Crippen LogP contribution in [0.1, 0.15) is 63.9 Å². The summed E-state index contributed by atoms with van der Waals surface area (Å²) in [5, 5.41) is 14.1. The van der Waals surface area contributed by atoms with Crippen LogP contribution in [0.5, 0.6) is 5.75 Å². The molecule has 0 spiro atoms. The van der Waals surface area contributed by atoms with E-state index in [4.69, 9.17) is 9.84 Å². The van der Waals surface area contributed by atoms with Crippen molar-refractivity contribution in [1.29, 1.82) is 0 Å². The molecule has 0 unspecified atom stereocenters. The van der Waals surface area contributed by atoms with Crippen molar-refractivity contribution >= 4 is 15.5 Å². The van der Waals surface area contributed by atoms with E-state index in [0.717, 1.165) is 25.7 Å². The molecule has 0 radical (unpaired) electrons. The topological polar surface area (TPSA) is 130 Å². The summed E-state index contributed by atoms with van der Waals surface area (Å²) in [6.45, 7) is 6.93. The Kier molecular flexibility index (Phi) is 8.66. The Morgan fingerprint density at radius 3 is 2.59 bits per heavy atom. The van der Waals surface area contributed by atoms with E-state index in [1.54, 1.807) is 17.5 Å². The van der Waals surface area contributed by atoms with Crippen LogP contribution in [0.3, 0.4) is 0 Å². The minimum Gasteiger partial charge on any atom is -0.493 e. The molecule has 1 aromatic carbocycles. The monoisotopic (exact) mass is 531 g/mol. The molecule has 0 aliphatic carbocycles. The Morgan fingerprint density at radius 1 is 1.16 bits per heavy atom. The number of aromatic amines is 1. The highest BCUT2D eigenvalue weighted by molar-refractivity contribution is 7.89. The molecule has 0 amide bonds. The van der Waals surface area contributed by atoms with Crippen molar-refractivity contribution in [2.24, 2.45) is 5.92 Å². The Morgan fingerprint density at radius 2 is 1.92 bits per heavy atom. The molecule has 37 heavy (non-hydrogen) atoms. The Bertz CT molecular complexity index is 1390. The molecule has 202 valence electrons. The standard InChI is InChI=1S/C26H37N5O5S/c1-4-6-7-8-9-23-27-18(3)24-26(33)28-25(29-31(23)24)21-16-20(10-11-22(21)36-5-2)37(34,35)30-14-12-19(17-32)13-15-30/h10-11,16,19,32H,4-9,12-15,17H2,1-3H3,(H,28,29,33). The zero-order chi connectivity index (χ0) is 26.6. The summed E-state index contributed by atoms with van der Waals surface area (Å²) in [4.78, 5) is 20.6. The summed E-state index contributed by atoms with van der Waals surface area (Å²) in [6, 6.07) is 4.66. The van der Waals surface area contributed by atoms with E-state index in [2.05, 4.69) is 16.9 Å². The summed E-state index contributed by atoms with van der Waals surface area (Å²) in [5.74, 6) is 1.50. The Hall–Kier alpha value is -2.76. The largest absolute Gasteiger partial charge is 0.493 e. The lowest BCUT2D eigenvalue weighted by atomic mass is 10.00. The van der Waals surface area contributed by atoms with Crippen molar-refractivity contribution in [3.8, 4) is 17.1 Å². The molecule has 3 heterocycles. The first kappa shape index (κ1) is 27.3. The summed E-state index contributed by atoms with van der Waals surface area (Å²) < 4.78 is 35.7. The van der Waals surface area contributed by atoms with Crippen molar-refractivity contribution in [2.75, 3.05) is 26.3 Å². The molecular formula is C26H37N5O5S. The first-order valence-electron chi connectivity index (χ1n) is 13.2. The van der Waals surface area contributed by atoms with Crippen LogP contribution in [-0.4, -0.2) is 63.7 Å². The molecule has 4 rings (SSSR count). The van der Waals surface area contributed by atoms with E-state index >= 15 is 0 Å². The SMILES string of the molecule is CCCCCCc1nc(C)c2c(=O)[nH]c(-c3cc(S(=O)(=O)N4CCC(CO)CC4)ccc3OCC)nn12. The lowest BCUT2D eigenvalue weighted by Crippen LogP contribution is -2.39. The fourth-order valence-corrected chi connectivity index (χ4v) is 6.34. The lowest BCUT2D eigenvalue weighted by molar-refractivity contribution is 0.170. The average Bonchev–Trinajstić information content (AvgIpc) is 3.22. The highest BCUT2D eigenvalue weighted by atomic mass is 32.2. The Balaban J connectivity index is 1.75. The van der Waals surface area contributed by atoms with Crippen LogP contribution in [-0.2, 0) is 16.4 Å². The van der Waals surface area contributed by atoms with E-state index < -0.39 is 10.0 Å². The van der Waals surface area contributed by atoms with E-state index in [1.165, 1.54) is 16.4 Å². The van der Waals surface area contributed by atoms with Gasteiger partial charge in [-0.2, -0.15) is 4.31 Å². The number of aryl methyl sites for hydroxylation is 2. The van der Waals surface area contributed by atoms with Gasteiger partial charge in [0.25, 0.3) is 5.56 Å². The Labute approximate surface area is 217 Å². The number of benzene rings is 1. The molecule has 2 N–H and O–H groups in total. The number of nitrogens with zero attached hydrogens (tertiary/aromatic N) is 4. The van der Waals surface area contributed by atoms with Gasteiger partial charge in [0.15, 0.2) is 11.3 Å². The van der Waals surface area contributed by atoms with Crippen LogP contribution < -0.4 is 10.3 Å². The molecule has 1 saturated heterocycles. The van der Waals surface area contributed by atoms with Crippen molar-refractivity contribution in [3.05, 3.63) is 40.1 Å². The third-order valence-electron chi connectivity index (χ3n) is 6.97. The number of rotatable bonds is 11. The number of hydrogen-bond acceptors (Lipinski definition) is 7. The highest BCUT2D eigenvalue weighted by Crippen LogP contribution is 2.32. The number of nitrogens with one attached hydrogen (secondary N) is 1. The molecule has 0 bridgehead atoms. The maximum absolute atomic E-state index is 13.5. The second kappa shape index (κ2) is 11.7. The van der Waals surface area contributed by atoms with Gasteiger partial charge in [0.05, 0.1) is 22.8 Å². The number of unbranched alkanes of at least 4 members (excludes halogenated alkanes) is 3. The third kappa shape index (κ3) is 5.73. The minimum atomic E-state index is -3.77. The number of hydrogen-bond donors (Lipinski definition) is 2. The van der Waals surface area contributed by atoms with Crippen LogP contribution in [0, 0.1) is 12.8 Å². The molecule has 3 aromatic rings. The van der Waals surface area contributed by atoms with Gasteiger partial charge in [0.1, 0.15) is 11.6 Å². The van der Waals surface area contributed by atoms with Crippen LogP contribution >= 0.6 is 0 Å². The average molecular weight is 532 g/mol. The molecule has 1 aliphatic heterocycles. The second-order valence-corrected chi connectivity index (χ2v) is 11.5. The number of fused-ring (bicyclic) bond motifs is 1. The van der Waals surface area contributed by atoms with Gasteiger partial charge in [-0.1, -0.05) is 26.2 Å². The summed E-state index contributed by atoms with van der Waals surface area (Å²) >= 11 is 0. The summed E-state index contributed by atoms with van der Waals surface area (Å²) in [5.41, 5.74) is 1.06. The zero-order valence-electron chi connectivity index (χ0n) is 21.9. The van der Waals surface area contributed by atoms with Crippen molar-refractivity contribution in [1.82, 2.24) is 23.9 Å². The predicted molar refractivity (Wildman–Crippen MR) is 141 cm³/mol. The molecule has 2 aromatic heterocycles. The van der Waals surface area contributed by atoms with Crippen LogP contribution in [0.15, 0.2) is 27.9 Å². The zero-order valence-corrected chi connectivity index (χ0v) is 22.7. The number of H-pyrrole nitrogens is 1. The quantitative estimate of drug-likeness (QED) is 0.363. The molecule has 1 fully saturated rings. The van der Waals surface area contributed by atoms with E-state index in [1.807, 2.05) is 6.92 Å². The van der Waals surface area contributed by atoms with Crippen LogP contribution in [0.4, 0.5) is 0 Å². The smallest absolute Gasteiger partial charge is 0.277 e. The fourth-order valence-electron chi connectivity index (χ4n) is 4.85. The maximum atomic E-state index is 13.5. The maximum Gasteiger partial charge on any atom is 0.277 e. The fraction of sp³-hybridized carbons (Fsp3) is 0.577. The first-order valence-corrected chi connectivity index (χ1v) is 14.6. The lowest BCUT2D eigenvalue weighted by Gasteiger charge is -2.30. The molecule has 1 aliphatic rings. The van der Waals surface area contributed by atoms with Gasteiger partial charge in [0, 0.05) is 26.1 Å².